The standard InChI is InChI=1S/C17H21N3O6S/c1-23-16(22)9-3-2-4-10(5-9)19-17(27)20-11-6-25-15-12(7-26-14(11)15)24-8-13(18)21/h2-5,11-12,14-15H,6-8H2,1H3,(H2,18,21)(H2,19,20,27)/t11-,12-,14-,15+/m1/s1. The first-order chi connectivity index (χ1) is 13.0. The number of carbonyl (C=O) groups is 2. The highest BCUT2D eigenvalue weighted by molar-refractivity contribution is 7.80. The van der Waals surface area contributed by atoms with Crippen molar-refractivity contribution in [3.8, 4) is 0 Å². The van der Waals surface area contributed by atoms with E-state index >= 15 is 0 Å². The fourth-order valence-electron chi connectivity index (χ4n) is 3.10. The number of fused-ring (bicyclic) bond motifs is 1. The molecule has 0 unspecified atom stereocenters. The third kappa shape index (κ3) is 4.72. The molecular formula is C17H21N3O6S. The van der Waals surface area contributed by atoms with Crippen LogP contribution in [0.4, 0.5) is 5.69 Å². The van der Waals surface area contributed by atoms with E-state index in [1.54, 1.807) is 24.3 Å². The van der Waals surface area contributed by atoms with Gasteiger partial charge < -0.3 is 35.3 Å². The molecule has 0 saturated carbocycles. The summed E-state index contributed by atoms with van der Waals surface area (Å²) in [6, 6.07) is 6.65. The second-order valence-electron chi connectivity index (χ2n) is 6.19. The van der Waals surface area contributed by atoms with Crippen molar-refractivity contribution in [3.63, 3.8) is 0 Å². The molecule has 2 aliphatic rings. The number of thiocarbonyl (C=S) groups is 1. The van der Waals surface area contributed by atoms with E-state index in [0.29, 0.717) is 29.6 Å². The van der Waals surface area contributed by atoms with E-state index in [4.69, 9.17) is 36.9 Å². The highest BCUT2D eigenvalue weighted by Crippen LogP contribution is 2.29. The molecule has 1 amide bonds. The second-order valence-corrected chi connectivity index (χ2v) is 6.60. The molecule has 4 atom stereocenters. The Morgan fingerprint density at radius 2 is 2.07 bits per heavy atom. The maximum atomic E-state index is 11.6. The lowest BCUT2D eigenvalue weighted by molar-refractivity contribution is -0.126. The number of esters is 1. The lowest BCUT2D eigenvalue weighted by atomic mass is 10.1. The molecule has 0 spiro atoms. The van der Waals surface area contributed by atoms with Gasteiger partial charge in [-0.05, 0) is 30.4 Å². The Morgan fingerprint density at radius 1 is 1.30 bits per heavy atom. The van der Waals surface area contributed by atoms with Crippen LogP contribution in [0.2, 0.25) is 0 Å². The highest BCUT2D eigenvalue weighted by Gasteiger charge is 2.48. The number of ether oxygens (including phenoxy) is 4. The number of rotatable bonds is 6. The van der Waals surface area contributed by atoms with Crippen molar-refractivity contribution in [3.05, 3.63) is 29.8 Å². The number of hydrogen-bond donors (Lipinski definition) is 3. The Morgan fingerprint density at radius 3 is 2.81 bits per heavy atom. The second kappa shape index (κ2) is 8.61. The average molecular weight is 395 g/mol. The van der Waals surface area contributed by atoms with Crippen molar-refractivity contribution in [2.75, 3.05) is 32.2 Å². The van der Waals surface area contributed by atoms with Crippen molar-refractivity contribution < 1.29 is 28.5 Å². The zero-order valence-electron chi connectivity index (χ0n) is 14.7. The lowest BCUT2D eigenvalue weighted by Crippen LogP contribution is -2.46. The van der Waals surface area contributed by atoms with Gasteiger partial charge >= 0.3 is 5.97 Å². The topological polar surface area (TPSA) is 121 Å². The first-order valence-electron chi connectivity index (χ1n) is 8.37. The van der Waals surface area contributed by atoms with Crippen LogP contribution in [-0.2, 0) is 23.7 Å². The molecule has 3 rings (SSSR count). The summed E-state index contributed by atoms with van der Waals surface area (Å²) in [6.45, 7) is 0.535. The summed E-state index contributed by atoms with van der Waals surface area (Å²) in [6.07, 6.45) is -0.871. The van der Waals surface area contributed by atoms with Crippen LogP contribution in [0.15, 0.2) is 24.3 Å². The first-order valence-corrected chi connectivity index (χ1v) is 8.77. The van der Waals surface area contributed by atoms with Crippen LogP contribution in [-0.4, -0.2) is 68.3 Å². The Labute approximate surface area is 161 Å². The average Bonchev–Trinajstić information content (AvgIpc) is 3.22. The Bertz CT molecular complexity index is 730. The summed E-state index contributed by atoms with van der Waals surface area (Å²) in [7, 11) is 1.33. The molecule has 10 heteroatoms. The quantitative estimate of drug-likeness (QED) is 0.444. The smallest absolute Gasteiger partial charge is 0.337 e. The molecule has 27 heavy (non-hydrogen) atoms. The number of carbonyl (C=O) groups excluding carboxylic acids is 2. The number of nitrogens with one attached hydrogen (secondary N) is 2. The fourth-order valence-corrected chi connectivity index (χ4v) is 3.37. The molecule has 9 nitrogen and oxygen atoms in total. The van der Waals surface area contributed by atoms with Gasteiger partial charge in [0.25, 0.3) is 0 Å². The zero-order chi connectivity index (χ0) is 19.4. The third-order valence-electron chi connectivity index (χ3n) is 4.31. The maximum Gasteiger partial charge on any atom is 0.337 e. The van der Waals surface area contributed by atoms with Crippen LogP contribution in [0, 0.1) is 0 Å². The number of anilines is 1. The van der Waals surface area contributed by atoms with E-state index in [0.717, 1.165) is 0 Å². The van der Waals surface area contributed by atoms with Crippen LogP contribution in [0.3, 0.4) is 0 Å². The van der Waals surface area contributed by atoms with E-state index in [1.165, 1.54) is 7.11 Å². The van der Waals surface area contributed by atoms with Gasteiger partial charge in [-0.3, -0.25) is 4.79 Å². The van der Waals surface area contributed by atoms with E-state index in [1.807, 2.05) is 0 Å². The van der Waals surface area contributed by atoms with Crippen LogP contribution in [0.5, 0.6) is 0 Å². The molecule has 0 aromatic heterocycles. The Hall–Kier alpha value is -2.27. The molecule has 0 aliphatic carbocycles. The van der Waals surface area contributed by atoms with Crippen LogP contribution in [0.1, 0.15) is 10.4 Å². The number of amides is 1. The third-order valence-corrected chi connectivity index (χ3v) is 4.53. The largest absolute Gasteiger partial charge is 0.465 e. The minimum Gasteiger partial charge on any atom is -0.465 e. The molecule has 1 aromatic carbocycles. The molecule has 2 saturated heterocycles. The molecular weight excluding hydrogens is 374 g/mol. The van der Waals surface area contributed by atoms with Gasteiger partial charge in [-0.2, -0.15) is 0 Å². The molecule has 146 valence electrons. The van der Waals surface area contributed by atoms with Gasteiger partial charge in [0.1, 0.15) is 24.9 Å². The van der Waals surface area contributed by atoms with Crippen molar-refractivity contribution in [2.45, 2.75) is 24.4 Å². The molecule has 1 aromatic rings. The van der Waals surface area contributed by atoms with E-state index in [2.05, 4.69) is 10.6 Å². The summed E-state index contributed by atoms with van der Waals surface area (Å²) < 4.78 is 21.6. The number of primary amides is 1. The Kier molecular flexibility index (Phi) is 6.22. The number of benzene rings is 1. The SMILES string of the molecule is COC(=O)c1cccc(NC(=S)N[C@@H]2CO[C@@H]3[C@@H]2OC[C@H]3OCC(N)=O)c1. The maximum absolute atomic E-state index is 11.6. The Balaban J connectivity index is 1.53. The monoisotopic (exact) mass is 395 g/mol. The summed E-state index contributed by atoms with van der Waals surface area (Å²) >= 11 is 5.34. The van der Waals surface area contributed by atoms with Gasteiger partial charge in [-0.25, -0.2) is 4.79 Å². The molecule has 0 radical (unpaired) electrons. The van der Waals surface area contributed by atoms with Gasteiger partial charge in [0.05, 0.1) is 31.9 Å². The van der Waals surface area contributed by atoms with Gasteiger partial charge in [0.2, 0.25) is 5.91 Å². The molecule has 4 N–H and O–H groups in total. The molecule has 0 bridgehead atoms. The van der Waals surface area contributed by atoms with E-state index in [-0.39, 0.29) is 31.0 Å². The van der Waals surface area contributed by atoms with Gasteiger partial charge in [0, 0.05) is 5.69 Å². The highest BCUT2D eigenvalue weighted by atomic mass is 32.1. The lowest BCUT2D eigenvalue weighted by Gasteiger charge is -2.20. The zero-order valence-corrected chi connectivity index (χ0v) is 15.5. The number of methoxy groups -OCH3 is 1. The predicted octanol–water partition coefficient (Wildman–Crippen LogP) is -0.204. The minimum absolute atomic E-state index is 0.166. The summed E-state index contributed by atoms with van der Waals surface area (Å²) in [5.41, 5.74) is 6.17. The van der Waals surface area contributed by atoms with Gasteiger partial charge in [0.15, 0.2) is 5.11 Å². The van der Waals surface area contributed by atoms with Crippen molar-refractivity contribution in [1.29, 1.82) is 0 Å². The summed E-state index contributed by atoms with van der Waals surface area (Å²) in [5.74, 6) is -0.961. The predicted molar refractivity (Wildman–Crippen MR) is 99.3 cm³/mol. The first kappa shape index (κ1) is 19.5. The van der Waals surface area contributed by atoms with Gasteiger partial charge in [-0.1, -0.05) is 6.07 Å². The van der Waals surface area contributed by atoms with Crippen molar-refractivity contribution in [1.82, 2.24) is 5.32 Å². The number of nitrogens with two attached hydrogens (primary N) is 1. The minimum atomic E-state index is -0.536. The molecule has 2 aliphatic heterocycles. The fraction of sp³-hybridized carbons (Fsp3) is 0.471. The van der Waals surface area contributed by atoms with Crippen molar-refractivity contribution >= 4 is 34.9 Å². The van der Waals surface area contributed by atoms with Crippen molar-refractivity contribution in [2.24, 2.45) is 5.73 Å². The number of hydrogen-bond acceptors (Lipinski definition) is 7. The van der Waals surface area contributed by atoms with Crippen LogP contribution >= 0.6 is 12.2 Å². The summed E-state index contributed by atoms with van der Waals surface area (Å²) in [5, 5.41) is 6.55. The van der Waals surface area contributed by atoms with Gasteiger partial charge in [-0.15, -0.1) is 0 Å². The van der Waals surface area contributed by atoms with Crippen LogP contribution < -0.4 is 16.4 Å². The van der Waals surface area contributed by atoms with E-state index < -0.39 is 11.9 Å². The molecule has 2 fully saturated rings. The molecule has 2 heterocycles. The van der Waals surface area contributed by atoms with Crippen LogP contribution in [0.25, 0.3) is 0 Å². The van der Waals surface area contributed by atoms with E-state index in [9.17, 15) is 9.59 Å². The normalized spacial score (nSPS) is 26.3. The summed E-state index contributed by atoms with van der Waals surface area (Å²) in [4.78, 5) is 22.5.